The molecular formula is C11H18N2O3. The van der Waals surface area contributed by atoms with E-state index < -0.39 is 18.1 Å². The molecule has 1 aliphatic heterocycles. The number of amides is 1. The molecular weight excluding hydrogens is 208 g/mol. The van der Waals surface area contributed by atoms with Crippen LogP contribution in [0.1, 0.15) is 32.6 Å². The summed E-state index contributed by atoms with van der Waals surface area (Å²) >= 11 is 0. The van der Waals surface area contributed by atoms with Crippen LogP contribution in [0.2, 0.25) is 0 Å². The van der Waals surface area contributed by atoms with Gasteiger partial charge in [0.2, 0.25) is 5.91 Å². The first-order chi connectivity index (χ1) is 7.52. The predicted octanol–water partition coefficient (Wildman–Crippen LogP) is 0.188. The van der Waals surface area contributed by atoms with Crippen molar-refractivity contribution >= 4 is 11.9 Å². The third-order valence-corrected chi connectivity index (χ3v) is 3.77. The molecule has 1 saturated heterocycles. The normalized spacial score (nSPS) is 34.9. The number of carboxylic acids is 1. The first-order valence-corrected chi connectivity index (χ1v) is 5.83. The monoisotopic (exact) mass is 226 g/mol. The van der Waals surface area contributed by atoms with Crippen LogP contribution in [0.25, 0.3) is 0 Å². The van der Waals surface area contributed by atoms with Crippen molar-refractivity contribution in [3.8, 4) is 0 Å². The maximum absolute atomic E-state index is 11.9. The van der Waals surface area contributed by atoms with Crippen molar-refractivity contribution < 1.29 is 14.7 Å². The van der Waals surface area contributed by atoms with E-state index in [4.69, 9.17) is 10.8 Å². The van der Waals surface area contributed by atoms with Crippen molar-refractivity contribution in [1.29, 1.82) is 0 Å². The summed E-state index contributed by atoms with van der Waals surface area (Å²) in [6.45, 7) is 1.61. The Bertz CT molecular complexity index is 316. The smallest absolute Gasteiger partial charge is 0.326 e. The molecule has 1 amide bonds. The van der Waals surface area contributed by atoms with Crippen molar-refractivity contribution in [2.24, 2.45) is 11.7 Å². The maximum Gasteiger partial charge on any atom is 0.326 e. The number of nitrogens with two attached hydrogens (primary N) is 1. The minimum Gasteiger partial charge on any atom is -0.480 e. The van der Waals surface area contributed by atoms with Crippen molar-refractivity contribution in [3.05, 3.63) is 0 Å². The highest BCUT2D eigenvalue weighted by atomic mass is 16.4. The van der Waals surface area contributed by atoms with Gasteiger partial charge in [-0.15, -0.1) is 0 Å². The largest absolute Gasteiger partial charge is 0.480 e. The van der Waals surface area contributed by atoms with E-state index >= 15 is 0 Å². The summed E-state index contributed by atoms with van der Waals surface area (Å²) < 4.78 is 0. The van der Waals surface area contributed by atoms with E-state index in [0.717, 1.165) is 19.3 Å². The van der Waals surface area contributed by atoms with E-state index in [-0.39, 0.29) is 11.9 Å². The van der Waals surface area contributed by atoms with Gasteiger partial charge in [0.15, 0.2) is 0 Å². The van der Waals surface area contributed by atoms with Crippen LogP contribution < -0.4 is 5.73 Å². The van der Waals surface area contributed by atoms with Gasteiger partial charge in [0.05, 0.1) is 6.04 Å². The number of carbonyl (C=O) groups is 2. The Morgan fingerprint density at radius 2 is 2.12 bits per heavy atom. The second kappa shape index (κ2) is 4.05. The molecule has 0 radical (unpaired) electrons. The molecule has 5 nitrogen and oxygen atoms in total. The molecule has 1 heterocycles. The molecule has 3 N–H and O–H groups in total. The summed E-state index contributed by atoms with van der Waals surface area (Å²) in [5.74, 6) is -0.756. The van der Waals surface area contributed by atoms with Crippen LogP contribution in [-0.4, -0.2) is 40.0 Å². The Kier molecular flexibility index (Phi) is 2.88. The molecule has 5 heteroatoms. The molecule has 0 aromatic rings. The quantitative estimate of drug-likeness (QED) is 0.704. The van der Waals surface area contributed by atoms with E-state index in [9.17, 15) is 9.59 Å². The number of aliphatic carboxylic acids is 1. The lowest BCUT2D eigenvalue weighted by molar-refractivity contribution is -0.150. The fraction of sp³-hybridized carbons (Fsp3) is 0.818. The predicted molar refractivity (Wildman–Crippen MR) is 57.7 cm³/mol. The Hall–Kier alpha value is -1.10. The van der Waals surface area contributed by atoms with Gasteiger partial charge in [-0.1, -0.05) is 6.42 Å². The lowest BCUT2D eigenvalue weighted by atomic mass is 10.0. The number of nitrogens with zero attached hydrogens (tertiary/aromatic N) is 1. The number of carboxylic acid groups (broad SMARTS) is 1. The van der Waals surface area contributed by atoms with Gasteiger partial charge < -0.3 is 15.7 Å². The molecule has 0 bridgehead atoms. The molecule has 0 unspecified atom stereocenters. The molecule has 1 aliphatic carbocycles. The van der Waals surface area contributed by atoms with Crippen LogP contribution in [0, 0.1) is 5.92 Å². The van der Waals surface area contributed by atoms with Gasteiger partial charge in [0.25, 0.3) is 0 Å². The molecule has 0 aromatic carbocycles. The zero-order valence-electron chi connectivity index (χ0n) is 9.43. The fourth-order valence-electron chi connectivity index (χ4n) is 3.06. The molecule has 2 aliphatic rings. The minimum atomic E-state index is -0.900. The summed E-state index contributed by atoms with van der Waals surface area (Å²) in [5, 5.41) is 9.13. The molecule has 4 atom stereocenters. The molecule has 2 rings (SSSR count). The third kappa shape index (κ3) is 1.69. The van der Waals surface area contributed by atoms with Gasteiger partial charge in [-0.05, 0) is 32.1 Å². The lowest BCUT2D eigenvalue weighted by Crippen LogP contribution is -2.50. The van der Waals surface area contributed by atoms with Crippen molar-refractivity contribution in [2.45, 2.75) is 50.7 Å². The molecule has 90 valence electrons. The van der Waals surface area contributed by atoms with Crippen LogP contribution in [-0.2, 0) is 9.59 Å². The molecule has 16 heavy (non-hydrogen) atoms. The van der Waals surface area contributed by atoms with Crippen LogP contribution in [0.15, 0.2) is 0 Å². The molecule has 1 saturated carbocycles. The Labute approximate surface area is 94.6 Å². The first-order valence-electron chi connectivity index (χ1n) is 5.83. The van der Waals surface area contributed by atoms with Crippen molar-refractivity contribution in [1.82, 2.24) is 4.90 Å². The van der Waals surface area contributed by atoms with E-state index in [1.807, 2.05) is 0 Å². The average molecular weight is 226 g/mol. The summed E-state index contributed by atoms with van der Waals surface area (Å²) in [6.07, 6.45) is 3.65. The number of fused-ring (bicyclic) bond motifs is 1. The summed E-state index contributed by atoms with van der Waals surface area (Å²) in [6, 6.07) is -1.16. The zero-order valence-corrected chi connectivity index (χ0v) is 9.43. The zero-order chi connectivity index (χ0) is 11.9. The first kappa shape index (κ1) is 11.4. The van der Waals surface area contributed by atoms with E-state index in [0.29, 0.717) is 12.3 Å². The summed E-state index contributed by atoms with van der Waals surface area (Å²) in [5.41, 5.74) is 5.58. The van der Waals surface area contributed by atoms with Crippen LogP contribution in [0.5, 0.6) is 0 Å². The number of rotatable bonds is 2. The van der Waals surface area contributed by atoms with Gasteiger partial charge in [-0.3, -0.25) is 4.79 Å². The number of likely N-dealkylation sites (tertiary alicyclic amines) is 1. The number of carbonyl (C=O) groups excluding carboxylic acids is 1. The Balaban J connectivity index is 2.22. The minimum absolute atomic E-state index is 0.111. The average Bonchev–Trinajstić information content (AvgIpc) is 2.74. The van der Waals surface area contributed by atoms with Gasteiger partial charge in [-0.2, -0.15) is 0 Å². The van der Waals surface area contributed by atoms with E-state index in [1.165, 1.54) is 4.90 Å². The van der Waals surface area contributed by atoms with E-state index in [2.05, 4.69) is 0 Å². The van der Waals surface area contributed by atoms with Crippen LogP contribution in [0.3, 0.4) is 0 Å². The highest BCUT2D eigenvalue weighted by Gasteiger charge is 2.49. The molecule has 0 spiro atoms. The van der Waals surface area contributed by atoms with Crippen molar-refractivity contribution in [3.63, 3.8) is 0 Å². The van der Waals surface area contributed by atoms with Crippen LogP contribution in [0.4, 0.5) is 0 Å². The lowest BCUT2D eigenvalue weighted by Gasteiger charge is -2.29. The number of hydrogen-bond donors (Lipinski definition) is 2. The van der Waals surface area contributed by atoms with Gasteiger partial charge in [0.1, 0.15) is 6.04 Å². The number of hydrogen-bond acceptors (Lipinski definition) is 3. The second-order valence-electron chi connectivity index (χ2n) is 4.88. The maximum atomic E-state index is 11.9. The summed E-state index contributed by atoms with van der Waals surface area (Å²) in [4.78, 5) is 24.6. The summed E-state index contributed by atoms with van der Waals surface area (Å²) in [7, 11) is 0. The van der Waals surface area contributed by atoms with Gasteiger partial charge in [-0.25, -0.2) is 4.79 Å². The second-order valence-corrected chi connectivity index (χ2v) is 4.88. The Morgan fingerprint density at radius 3 is 2.69 bits per heavy atom. The fourth-order valence-corrected chi connectivity index (χ4v) is 3.06. The van der Waals surface area contributed by atoms with E-state index in [1.54, 1.807) is 6.92 Å². The Morgan fingerprint density at radius 1 is 1.44 bits per heavy atom. The third-order valence-electron chi connectivity index (χ3n) is 3.77. The SMILES string of the molecule is C[C@@H](N)C(=O)N1[C@@H](C(=O)O)C[C@H]2CCC[C@H]21. The van der Waals surface area contributed by atoms with Gasteiger partial charge >= 0.3 is 5.97 Å². The standard InChI is InChI=1S/C11H18N2O3/c1-6(12)10(14)13-8-4-2-3-7(8)5-9(13)11(15)16/h6-9H,2-5,12H2,1H3,(H,15,16)/t6-,7-,8-,9-/m1/s1. The van der Waals surface area contributed by atoms with Gasteiger partial charge in [0, 0.05) is 6.04 Å². The molecule has 0 aromatic heterocycles. The highest BCUT2D eigenvalue weighted by Crippen LogP contribution is 2.41. The molecule has 2 fully saturated rings. The van der Waals surface area contributed by atoms with Crippen molar-refractivity contribution in [2.75, 3.05) is 0 Å². The topological polar surface area (TPSA) is 83.6 Å². The highest BCUT2D eigenvalue weighted by molar-refractivity contribution is 5.87. The van der Waals surface area contributed by atoms with Crippen LogP contribution >= 0.6 is 0 Å².